The minimum atomic E-state index is -0.156. The second-order valence-corrected chi connectivity index (χ2v) is 6.16. The van der Waals surface area contributed by atoms with Crippen molar-refractivity contribution < 1.29 is 14.3 Å². The Labute approximate surface area is 127 Å². The smallest absolute Gasteiger partial charge is 0.227 e. The molecule has 2 amide bonds. The Bertz CT molecular complexity index is 361. The van der Waals surface area contributed by atoms with Crippen molar-refractivity contribution in [3.8, 4) is 0 Å². The molecule has 2 saturated heterocycles. The van der Waals surface area contributed by atoms with Crippen LogP contribution in [0.15, 0.2) is 0 Å². The van der Waals surface area contributed by atoms with Gasteiger partial charge in [-0.25, -0.2) is 0 Å². The zero-order valence-corrected chi connectivity index (χ0v) is 13.3. The fraction of sp³-hybridized carbons (Fsp3) is 0.875. The first-order valence-corrected chi connectivity index (χ1v) is 8.33. The summed E-state index contributed by atoms with van der Waals surface area (Å²) in [6.07, 6.45) is 4.58. The molecule has 2 aliphatic rings. The molecule has 2 atom stereocenters. The highest BCUT2D eigenvalue weighted by Gasteiger charge is 2.37. The van der Waals surface area contributed by atoms with Gasteiger partial charge in [0.1, 0.15) is 0 Å². The molecule has 0 aromatic rings. The number of ether oxygens (including phenoxy) is 1. The quantitative estimate of drug-likeness (QED) is 0.718. The van der Waals surface area contributed by atoms with Gasteiger partial charge < -0.3 is 14.5 Å². The maximum absolute atomic E-state index is 12.6. The lowest BCUT2D eigenvalue weighted by Crippen LogP contribution is -2.39. The molecule has 0 N–H and O–H groups in total. The van der Waals surface area contributed by atoms with Crippen molar-refractivity contribution in [3.05, 3.63) is 0 Å². The minimum absolute atomic E-state index is 0.108. The summed E-state index contributed by atoms with van der Waals surface area (Å²) in [6, 6.07) is 0. The molecule has 2 heterocycles. The van der Waals surface area contributed by atoms with Gasteiger partial charge in [-0.15, -0.1) is 0 Å². The summed E-state index contributed by atoms with van der Waals surface area (Å²) in [7, 11) is 0. The van der Waals surface area contributed by atoms with Crippen LogP contribution in [0.2, 0.25) is 0 Å². The Morgan fingerprint density at radius 3 is 2.62 bits per heavy atom. The molecule has 0 spiro atoms. The average Bonchev–Trinajstić information content (AvgIpc) is 3.09. The van der Waals surface area contributed by atoms with E-state index in [0.717, 1.165) is 45.4 Å². The van der Waals surface area contributed by atoms with E-state index < -0.39 is 0 Å². The van der Waals surface area contributed by atoms with Crippen molar-refractivity contribution in [2.24, 2.45) is 5.92 Å². The molecule has 0 aromatic heterocycles. The number of nitrogens with zero attached hydrogens (tertiary/aromatic N) is 2. The van der Waals surface area contributed by atoms with Crippen LogP contribution in [0.3, 0.4) is 0 Å². The van der Waals surface area contributed by atoms with E-state index in [1.54, 1.807) is 0 Å². The molecule has 0 aliphatic carbocycles. The third-order valence-corrected chi connectivity index (χ3v) is 4.31. The van der Waals surface area contributed by atoms with E-state index in [9.17, 15) is 9.59 Å². The molecule has 2 unspecified atom stereocenters. The Morgan fingerprint density at radius 1 is 1.33 bits per heavy atom. The molecule has 0 saturated carbocycles. The van der Waals surface area contributed by atoms with Gasteiger partial charge in [0, 0.05) is 39.2 Å². The molecule has 120 valence electrons. The van der Waals surface area contributed by atoms with Gasteiger partial charge in [-0.1, -0.05) is 13.8 Å². The topological polar surface area (TPSA) is 49.9 Å². The molecule has 2 aliphatic heterocycles. The first kappa shape index (κ1) is 16.3. The maximum Gasteiger partial charge on any atom is 0.227 e. The van der Waals surface area contributed by atoms with E-state index in [4.69, 9.17) is 4.74 Å². The number of hydrogen-bond donors (Lipinski definition) is 0. The maximum atomic E-state index is 12.6. The highest BCUT2D eigenvalue weighted by atomic mass is 16.5. The van der Waals surface area contributed by atoms with Gasteiger partial charge in [0.25, 0.3) is 0 Å². The van der Waals surface area contributed by atoms with Crippen LogP contribution in [0.1, 0.15) is 46.0 Å². The zero-order chi connectivity index (χ0) is 15.2. The molecule has 2 rings (SSSR count). The van der Waals surface area contributed by atoms with Crippen LogP contribution in [-0.4, -0.2) is 60.5 Å². The number of rotatable bonds is 7. The SMILES string of the molecule is CCCN(CCC)C(=O)C1CC(=O)N(CC2CCCO2)C1. The number of likely N-dealkylation sites (tertiary alicyclic amines) is 1. The standard InChI is InChI=1S/C16H28N2O3/c1-3-7-17(8-4-2)16(20)13-10-15(19)18(11-13)12-14-6-5-9-21-14/h13-14H,3-12H2,1-2H3. The van der Waals surface area contributed by atoms with Crippen molar-refractivity contribution in [1.82, 2.24) is 9.80 Å². The summed E-state index contributed by atoms with van der Waals surface area (Å²) in [5.74, 6) is 0.107. The molecule has 5 heteroatoms. The fourth-order valence-corrected chi connectivity index (χ4v) is 3.28. The Hall–Kier alpha value is -1.10. The molecule has 2 fully saturated rings. The van der Waals surface area contributed by atoms with E-state index in [-0.39, 0.29) is 23.8 Å². The van der Waals surface area contributed by atoms with Crippen LogP contribution in [0.4, 0.5) is 0 Å². The third kappa shape index (κ3) is 4.19. The van der Waals surface area contributed by atoms with Crippen LogP contribution in [0, 0.1) is 5.92 Å². The van der Waals surface area contributed by atoms with Crippen molar-refractivity contribution in [1.29, 1.82) is 0 Å². The largest absolute Gasteiger partial charge is 0.376 e. The van der Waals surface area contributed by atoms with Crippen LogP contribution in [0.25, 0.3) is 0 Å². The number of carbonyl (C=O) groups is 2. The van der Waals surface area contributed by atoms with Crippen LogP contribution in [-0.2, 0) is 14.3 Å². The number of hydrogen-bond acceptors (Lipinski definition) is 3. The molecule has 0 aromatic carbocycles. The van der Waals surface area contributed by atoms with Crippen molar-refractivity contribution in [3.63, 3.8) is 0 Å². The van der Waals surface area contributed by atoms with E-state index in [0.29, 0.717) is 19.5 Å². The van der Waals surface area contributed by atoms with Crippen molar-refractivity contribution >= 4 is 11.8 Å². The Morgan fingerprint density at radius 2 is 2.05 bits per heavy atom. The predicted molar refractivity (Wildman–Crippen MR) is 80.8 cm³/mol. The third-order valence-electron chi connectivity index (χ3n) is 4.31. The van der Waals surface area contributed by atoms with E-state index in [2.05, 4.69) is 13.8 Å². The summed E-state index contributed by atoms with van der Waals surface area (Å²) in [4.78, 5) is 28.4. The van der Waals surface area contributed by atoms with Crippen LogP contribution >= 0.6 is 0 Å². The second kappa shape index (κ2) is 7.78. The minimum Gasteiger partial charge on any atom is -0.376 e. The normalized spacial score (nSPS) is 25.6. The van der Waals surface area contributed by atoms with Gasteiger partial charge in [0.05, 0.1) is 12.0 Å². The monoisotopic (exact) mass is 296 g/mol. The predicted octanol–water partition coefficient (Wildman–Crippen LogP) is 1.66. The Kier molecular flexibility index (Phi) is 6.03. The van der Waals surface area contributed by atoms with Crippen molar-refractivity contribution in [2.45, 2.75) is 52.1 Å². The molecule has 0 bridgehead atoms. The number of carbonyl (C=O) groups excluding carboxylic acids is 2. The van der Waals surface area contributed by atoms with E-state index in [1.165, 1.54) is 0 Å². The summed E-state index contributed by atoms with van der Waals surface area (Å²) >= 11 is 0. The fourth-order valence-electron chi connectivity index (χ4n) is 3.28. The summed E-state index contributed by atoms with van der Waals surface area (Å²) in [5.41, 5.74) is 0. The van der Waals surface area contributed by atoms with Gasteiger partial charge in [0.15, 0.2) is 0 Å². The summed E-state index contributed by atoms with van der Waals surface area (Å²) in [5, 5.41) is 0. The Balaban J connectivity index is 1.89. The lowest BCUT2D eigenvalue weighted by atomic mass is 10.1. The van der Waals surface area contributed by atoms with Gasteiger partial charge in [-0.2, -0.15) is 0 Å². The zero-order valence-electron chi connectivity index (χ0n) is 13.3. The molecular formula is C16H28N2O3. The van der Waals surface area contributed by atoms with Gasteiger partial charge >= 0.3 is 0 Å². The lowest BCUT2D eigenvalue weighted by Gasteiger charge is -2.25. The summed E-state index contributed by atoms with van der Waals surface area (Å²) in [6.45, 7) is 7.78. The van der Waals surface area contributed by atoms with Crippen LogP contribution < -0.4 is 0 Å². The molecular weight excluding hydrogens is 268 g/mol. The molecule has 21 heavy (non-hydrogen) atoms. The molecule has 0 radical (unpaired) electrons. The van der Waals surface area contributed by atoms with Crippen LogP contribution in [0.5, 0.6) is 0 Å². The summed E-state index contributed by atoms with van der Waals surface area (Å²) < 4.78 is 5.59. The average molecular weight is 296 g/mol. The van der Waals surface area contributed by atoms with Crippen molar-refractivity contribution in [2.75, 3.05) is 32.8 Å². The lowest BCUT2D eigenvalue weighted by molar-refractivity contribution is -0.136. The van der Waals surface area contributed by atoms with Gasteiger partial charge in [0.2, 0.25) is 11.8 Å². The van der Waals surface area contributed by atoms with Gasteiger partial charge in [-0.3, -0.25) is 9.59 Å². The highest BCUT2D eigenvalue weighted by Crippen LogP contribution is 2.23. The first-order chi connectivity index (χ1) is 10.2. The first-order valence-electron chi connectivity index (χ1n) is 8.33. The number of amides is 2. The van der Waals surface area contributed by atoms with E-state index in [1.807, 2.05) is 9.80 Å². The van der Waals surface area contributed by atoms with E-state index >= 15 is 0 Å². The highest BCUT2D eigenvalue weighted by molar-refractivity contribution is 5.89. The molecule has 5 nitrogen and oxygen atoms in total. The van der Waals surface area contributed by atoms with Gasteiger partial charge in [-0.05, 0) is 25.7 Å². The second-order valence-electron chi connectivity index (χ2n) is 6.16.